The van der Waals surface area contributed by atoms with Crippen molar-refractivity contribution in [1.82, 2.24) is 4.90 Å². The summed E-state index contributed by atoms with van der Waals surface area (Å²) in [6.45, 7) is 1.26. The molecule has 0 bridgehead atoms. The molecular weight excluding hydrogens is 158 g/mol. The molecule has 1 radical (unpaired) electrons. The molecule has 0 heterocycles. The number of unbranched alkanes of at least 4 members (excludes halogenated alkanes) is 1. The minimum absolute atomic E-state index is 1.26. The maximum absolute atomic E-state index is 2.28. The third-order valence-electron chi connectivity index (χ3n) is 2.95. The number of hydrogen-bond donors (Lipinski definition) is 0. The molecule has 0 atom stereocenters. The SMILES string of the molecule is CN(C)CCCC[C]1CCCCC1. The van der Waals surface area contributed by atoms with E-state index in [1.165, 1.54) is 57.9 Å². The lowest BCUT2D eigenvalue weighted by molar-refractivity contribution is 0.387. The van der Waals surface area contributed by atoms with Gasteiger partial charge in [0.1, 0.15) is 0 Å². The maximum Gasteiger partial charge on any atom is -0.00248 e. The van der Waals surface area contributed by atoms with Gasteiger partial charge in [0.05, 0.1) is 0 Å². The van der Waals surface area contributed by atoms with Crippen molar-refractivity contribution in [1.29, 1.82) is 0 Å². The second-order valence-corrected chi connectivity index (χ2v) is 4.57. The van der Waals surface area contributed by atoms with Crippen LogP contribution in [0.4, 0.5) is 0 Å². The first-order valence-corrected chi connectivity index (χ1v) is 5.77. The Morgan fingerprint density at radius 1 is 1.00 bits per heavy atom. The van der Waals surface area contributed by atoms with E-state index in [1.54, 1.807) is 0 Å². The Hall–Kier alpha value is -0.0400. The van der Waals surface area contributed by atoms with E-state index >= 15 is 0 Å². The van der Waals surface area contributed by atoms with Crippen LogP contribution < -0.4 is 0 Å². The van der Waals surface area contributed by atoms with Crippen LogP contribution in [0.25, 0.3) is 0 Å². The Kier molecular flexibility index (Phi) is 5.45. The van der Waals surface area contributed by atoms with Gasteiger partial charge in [-0.15, -0.1) is 0 Å². The molecule has 1 rings (SSSR count). The van der Waals surface area contributed by atoms with Gasteiger partial charge in [0.2, 0.25) is 0 Å². The van der Waals surface area contributed by atoms with Gasteiger partial charge in [0, 0.05) is 0 Å². The molecule has 1 heteroatoms. The molecule has 77 valence electrons. The topological polar surface area (TPSA) is 3.24 Å². The molecule has 0 aliphatic heterocycles. The summed E-state index contributed by atoms with van der Waals surface area (Å²) < 4.78 is 0. The molecule has 0 unspecified atom stereocenters. The van der Waals surface area contributed by atoms with E-state index < -0.39 is 0 Å². The number of rotatable bonds is 5. The van der Waals surface area contributed by atoms with Crippen molar-refractivity contribution in [3.05, 3.63) is 5.92 Å². The highest BCUT2D eigenvalue weighted by Crippen LogP contribution is 2.29. The van der Waals surface area contributed by atoms with E-state index in [2.05, 4.69) is 19.0 Å². The Morgan fingerprint density at radius 3 is 2.31 bits per heavy atom. The molecule has 1 nitrogen and oxygen atoms in total. The second-order valence-electron chi connectivity index (χ2n) is 4.57. The summed E-state index contributed by atoms with van der Waals surface area (Å²) in [5.74, 6) is 1.85. The Morgan fingerprint density at radius 2 is 1.69 bits per heavy atom. The Balaban J connectivity index is 1.92. The van der Waals surface area contributed by atoms with Crippen molar-refractivity contribution in [2.24, 2.45) is 0 Å². The van der Waals surface area contributed by atoms with Gasteiger partial charge >= 0.3 is 0 Å². The van der Waals surface area contributed by atoms with Crippen LogP contribution in [0.5, 0.6) is 0 Å². The first-order valence-electron chi connectivity index (χ1n) is 5.77. The van der Waals surface area contributed by atoms with E-state index in [-0.39, 0.29) is 0 Å². The molecular formula is C12H24N. The first-order chi connectivity index (χ1) is 6.29. The van der Waals surface area contributed by atoms with Crippen molar-refractivity contribution < 1.29 is 0 Å². The van der Waals surface area contributed by atoms with E-state index in [4.69, 9.17) is 0 Å². The summed E-state index contributed by atoms with van der Waals surface area (Å²) in [4.78, 5) is 2.28. The molecule has 0 amide bonds. The lowest BCUT2D eigenvalue weighted by Crippen LogP contribution is -2.13. The van der Waals surface area contributed by atoms with E-state index in [0.29, 0.717) is 0 Å². The summed E-state index contributed by atoms with van der Waals surface area (Å²) >= 11 is 0. The van der Waals surface area contributed by atoms with Crippen LogP contribution in [-0.4, -0.2) is 25.5 Å². The van der Waals surface area contributed by atoms with Crippen molar-refractivity contribution in [2.75, 3.05) is 20.6 Å². The van der Waals surface area contributed by atoms with Crippen LogP contribution in [0, 0.1) is 5.92 Å². The highest BCUT2D eigenvalue weighted by atomic mass is 15.0. The predicted molar refractivity (Wildman–Crippen MR) is 58.7 cm³/mol. The quantitative estimate of drug-likeness (QED) is 0.590. The maximum atomic E-state index is 2.28. The van der Waals surface area contributed by atoms with Gasteiger partial charge in [-0.05, 0) is 52.2 Å². The van der Waals surface area contributed by atoms with E-state index in [9.17, 15) is 0 Å². The normalized spacial score (nSPS) is 19.6. The van der Waals surface area contributed by atoms with Crippen LogP contribution in [0.2, 0.25) is 0 Å². The minimum atomic E-state index is 1.26. The average molecular weight is 182 g/mol. The van der Waals surface area contributed by atoms with Crippen molar-refractivity contribution >= 4 is 0 Å². The number of hydrogen-bond acceptors (Lipinski definition) is 1. The third-order valence-corrected chi connectivity index (χ3v) is 2.95. The molecule has 1 aliphatic rings. The van der Waals surface area contributed by atoms with Crippen LogP contribution in [0.15, 0.2) is 0 Å². The molecule has 0 aromatic heterocycles. The zero-order valence-electron chi connectivity index (χ0n) is 9.31. The molecule has 1 saturated carbocycles. The molecule has 1 fully saturated rings. The minimum Gasteiger partial charge on any atom is -0.309 e. The smallest absolute Gasteiger partial charge is 0.00248 e. The number of nitrogens with zero attached hydrogens (tertiary/aromatic N) is 1. The molecule has 0 aromatic carbocycles. The fourth-order valence-corrected chi connectivity index (χ4v) is 2.10. The second kappa shape index (κ2) is 6.42. The molecule has 0 saturated heterocycles. The van der Waals surface area contributed by atoms with Crippen molar-refractivity contribution in [3.8, 4) is 0 Å². The van der Waals surface area contributed by atoms with E-state index in [0.717, 1.165) is 0 Å². The lowest BCUT2D eigenvalue weighted by Gasteiger charge is -2.21. The van der Waals surface area contributed by atoms with E-state index in [1.807, 2.05) is 5.92 Å². The molecule has 0 aromatic rings. The summed E-state index contributed by atoms with van der Waals surface area (Å²) in [7, 11) is 4.32. The summed E-state index contributed by atoms with van der Waals surface area (Å²) in [6, 6.07) is 0. The van der Waals surface area contributed by atoms with Crippen LogP contribution >= 0.6 is 0 Å². The zero-order chi connectivity index (χ0) is 9.52. The van der Waals surface area contributed by atoms with Gasteiger partial charge in [0.25, 0.3) is 0 Å². The van der Waals surface area contributed by atoms with Gasteiger partial charge in [0.15, 0.2) is 0 Å². The van der Waals surface area contributed by atoms with Crippen molar-refractivity contribution in [2.45, 2.75) is 51.4 Å². The first kappa shape index (κ1) is 11.0. The summed E-state index contributed by atoms with van der Waals surface area (Å²) in [5.41, 5.74) is 0. The summed E-state index contributed by atoms with van der Waals surface area (Å²) in [6.07, 6.45) is 11.5. The van der Waals surface area contributed by atoms with Gasteiger partial charge in [-0.1, -0.05) is 25.7 Å². The largest absolute Gasteiger partial charge is 0.309 e. The molecule has 0 spiro atoms. The van der Waals surface area contributed by atoms with Crippen LogP contribution in [0.1, 0.15) is 51.4 Å². The fraction of sp³-hybridized carbons (Fsp3) is 0.917. The van der Waals surface area contributed by atoms with Gasteiger partial charge < -0.3 is 4.90 Å². The predicted octanol–water partition coefficient (Wildman–Crippen LogP) is 3.26. The zero-order valence-corrected chi connectivity index (χ0v) is 9.31. The van der Waals surface area contributed by atoms with Gasteiger partial charge in [-0.3, -0.25) is 0 Å². The molecule has 13 heavy (non-hydrogen) atoms. The average Bonchev–Trinajstić information content (AvgIpc) is 2.14. The molecule has 0 N–H and O–H groups in total. The highest BCUT2D eigenvalue weighted by Gasteiger charge is 2.12. The lowest BCUT2D eigenvalue weighted by atomic mass is 9.86. The summed E-state index contributed by atoms with van der Waals surface area (Å²) in [5, 5.41) is 0. The standard InChI is InChI=1S/C12H24N/c1-13(2)11-7-6-10-12-8-4-3-5-9-12/h3-11H2,1-2H3. The molecule has 1 aliphatic carbocycles. The monoisotopic (exact) mass is 182 g/mol. The van der Waals surface area contributed by atoms with Crippen molar-refractivity contribution in [3.63, 3.8) is 0 Å². The van der Waals surface area contributed by atoms with Gasteiger partial charge in [-0.2, -0.15) is 0 Å². The van der Waals surface area contributed by atoms with Crippen LogP contribution in [-0.2, 0) is 0 Å². The van der Waals surface area contributed by atoms with Gasteiger partial charge in [-0.25, -0.2) is 0 Å². The highest BCUT2D eigenvalue weighted by molar-refractivity contribution is 4.91. The Bertz CT molecular complexity index is 114. The fourth-order valence-electron chi connectivity index (χ4n) is 2.10. The third kappa shape index (κ3) is 5.30. The Labute approximate surface area is 83.5 Å². The van der Waals surface area contributed by atoms with Crippen LogP contribution in [0.3, 0.4) is 0 Å².